The smallest absolute Gasteiger partial charge is 0.305 e. The van der Waals surface area contributed by atoms with E-state index in [1.807, 2.05) is 13.8 Å². The Labute approximate surface area is 81.6 Å². The first-order chi connectivity index (χ1) is 6.02. The van der Waals surface area contributed by atoms with E-state index >= 15 is 0 Å². The van der Waals surface area contributed by atoms with Crippen LogP contribution in [-0.4, -0.2) is 27.5 Å². The van der Waals surface area contributed by atoms with Gasteiger partial charge in [0.15, 0.2) is 8.32 Å². The topological polar surface area (TPSA) is 35.5 Å². The van der Waals surface area contributed by atoms with Crippen LogP contribution in [0.25, 0.3) is 0 Å². The van der Waals surface area contributed by atoms with Crippen molar-refractivity contribution in [2.75, 3.05) is 13.2 Å². The summed E-state index contributed by atoms with van der Waals surface area (Å²) in [6.45, 7) is 9.26. The normalized spacial score (nSPS) is 11.4. The molecule has 0 bridgehead atoms. The van der Waals surface area contributed by atoms with E-state index in [-0.39, 0.29) is 5.97 Å². The number of ether oxygens (including phenoxy) is 1. The van der Waals surface area contributed by atoms with Crippen molar-refractivity contribution in [3.05, 3.63) is 0 Å². The van der Waals surface area contributed by atoms with E-state index in [0.29, 0.717) is 13.0 Å². The van der Waals surface area contributed by atoms with Gasteiger partial charge in [-0.1, -0.05) is 0 Å². The van der Waals surface area contributed by atoms with Crippen LogP contribution in [0.4, 0.5) is 0 Å². The molecule has 0 atom stereocenters. The van der Waals surface area contributed by atoms with E-state index in [9.17, 15) is 4.79 Å². The number of hydrogen-bond donors (Lipinski definition) is 0. The minimum Gasteiger partial charge on any atom is -0.466 e. The minimum atomic E-state index is -1.60. The molecule has 0 fully saturated rings. The van der Waals surface area contributed by atoms with Gasteiger partial charge in [-0.05, 0) is 33.0 Å². The minimum absolute atomic E-state index is 0.109. The number of rotatable bonds is 6. The second-order valence-corrected chi connectivity index (χ2v) is 7.81. The average molecular weight is 204 g/mol. The maximum atomic E-state index is 11.0. The lowest BCUT2D eigenvalue weighted by Gasteiger charge is -2.20. The molecule has 4 heteroatoms. The van der Waals surface area contributed by atoms with Gasteiger partial charge in [-0.3, -0.25) is 4.79 Å². The van der Waals surface area contributed by atoms with E-state index in [0.717, 1.165) is 12.7 Å². The van der Waals surface area contributed by atoms with E-state index in [4.69, 9.17) is 9.16 Å². The molecule has 0 aliphatic carbocycles. The molecule has 0 aromatic rings. The van der Waals surface area contributed by atoms with Gasteiger partial charge >= 0.3 is 5.97 Å². The molecule has 78 valence electrons. The van der Waals surface area contributed by atoms with Crippen molar-refractivity contribution in [2.24, 2.45) is 0 Å². The summed E-state index contributed by atoms with van der Waals surface area (Å²) in [5, 5.41) is 0. The van der Waals surface area contributed by atoms with Gasteiger partial charge in [0.1, 0.15) is 0 Å². The third kappa shape index (κ3) is 6.78. The molecule has 3 nitrogen and oxygen atoms in total. The molecule has 0 heterocycles. The van der Waals surface area contributed by atoms with Crippen molar-refractivity contribution in [1.29, 1.82) is 0 Å². The highest BCUT2D eigenvalue weighted by atomic mass is 28.4. The maximum absolute atomic E-state index is 11.0. The van der Waals surface area contributed by atoms with Gasteiger partial charge in [-0.25, -0.2) is 0 Å². The van der Waals surface area contributed by atoms with Crippen molar-refractivity contribution < 1.29 is 14.0 Å². The van der Waals surface area contributed by atoms with Crippen LogP contribution in [-0.2, 0) is 14.0 Å². The Hall–Kier alpha value is -0.353. The zero-order chi connectivity index (χ0) is 10.3. The fourth-order valence-electron chi connectivity index (χ4n) is 1.10. The lowest BCUT2D eigenvalue weighted by Crippen LogP contribution is -2.31. The highest BCUT2D eigenvalue weighted by Gasteiger charge is 2.22. The molecule has 0 aromatic heterocycles. The maximum Gasteiger partial charge on any atom is 0.305 e. The van der Waals surface area contributed by atoms with Gasteiger partial charge in [0, 0.05) is 13.0 Å². The van der Waals surface area contributed by atoms with Crippen LogP contribution < -0.4 is 0 Å². The van der Waals surface area contributed by atoms with Crippen molar-refractivity contribution in [3.63, 3.8) is 0 Å². The van der Waals surface area contributed by atoms with Crippen molar-refractivity contribution >= 4 is 14.3 Å². The highest BCUT2D eigenvalue weighted by molar-refractivity contribution is 6.71. The summed E-state index contributed by atoms with van der Waals surface area (Å²) in [7, 11) is -1.60. The van der Waals surface area contributed by atoms with Crippen LogP contribution in [0.15, 0.2) is 0 Å². The standard InChI is InChI=1S/C9H20O3Si/c1-5-11-9(10)7-8-13(3,4)12-6-2/h5-8H2,1-4H3. The fourth-order valence-corrected chi connectivity index (χ4v) is 2.83. The molecule has 0 unspecified atom stereocenters. The fraction of sp³-hybridized carbons (Fsp3) is 0.889. The summed E-state index contributed by atoms with van der Waals surface area (Å²) < 4.78 is 10.4. The Morgan fingerprint density at radius 2 is 1.85 bits per heavy atom. The van der Waals surface area contributed by atoms with Crippen molar-refractivity contribution in [3.8, 4) is 0 Å². The molecule has 13 heavy (non-hydrogen) atoms. The first-order valence-corrected chi connectivity index (χ1v) is 7.93. The molecule has 0 amide bonds. The molecule has 0 spiro atoms. The second kappa shape index (κ2) is 6.15. The van der Waals surface area contributed by atoms with Gasteiger partial charge in [-0.2, -0.15) is 0 Å². The Balaban J connectivity index is 3.67. The van der Waals surface area contributed by atoms with Crippen molar-refractivity contribution in [1.82, 2.24) is 0 Å². The first kappa shape index (κ1) is 12.6. The summed E-state index contributed by atoms with van der Waals surface area (Å²) in [5.74, 6) is -0.109. The second-order valence-electron chi connectivity index (χ2n) is 3.50. The molecular formula is C9H20O3Si. The van der Waals surface area contributed by atoms with Gasteiger partial charge in [0.05, 0.1) is 6.61 Å². The van der Waals surface area contributed by atoms with Crippen LogP contribution >= 0.6 is 0 Å². The number of carbonyl (C=O) groups excluding carboxylic acids is 1. The van der Waals surface area contributed by atoms with E-state index in [2.05, 4.69) is 13.1 Å². The largest absolute Gasteiger partial charge is 0.466 e. The molecule has 0 N–H and O–H groups in total. The van der Waals surface area contributed by atoms with Gasteiger partial charge in [0.2, 0.25) is 0 Å². The molecule has 0 saturated carbocycles. The Morgan fingerprint density at radius 3 is 2.31 bits per heavy atom. The van der Waals surface area contributed by atoms with Crippen LogP contribution in [0.5, 0.6) is 0 Å². The number of esters is 1. The lowest BCUT2D eigenvalue weighted by atomic mass is 10.5. The van der Waals surface area contributed by atoms with Crippen LogP contribution in [0.3, 0.4) is 0 Å². The van der Waals surface area contributed by atoms with Crippen LogP contribution in [0.1, 0.15) is 20.3 Å². The summed E-state index contributed by atoms with van der Waals surface area (Å²) in [6, 6.07) is 0.847. The van der Waals surface area contributed by atoms with Crippen molar-refractivity contribution in [2.45, 2.75) is 39.4 Å². The first-order valence-electron chi connectivity index (χ1n) is 4.81. The van der Waals surface area contributed by atoms with Gasteiger partial charge in [0.25, 0.3) is 0 Å². The average Bonchev–Trinajstić information content (AvgIpc) is 2.02. The van der Waals surface area contributed by atoms with Gasteiger partial charge < -0.3 is 9.16 Å². The number of hydrogen-bond acceptors (Lipinski definition) is 3. The summed E-state index contributed by atoms with van der Waals surface area (Å²) in [5.41, 5.74) is 0. The van der Waals surface area contributed by atoms with E-state index in [1.165, 1.54) is 0 Å². The molecule has 0 radical (unpaired) electrons. The summed E-state index contributed by atoms with van der Waals surface area (Å²) in [6.07, 6.45) is 0.493. The highest BCUT2D eigenvalue weighted by Crippen LogP contribution is 2.13. The van der Waals surface area contributed by atoms with Crippen LogP contribution in [0, 0.1) is 0 Å². The Morgan fingerprint density at radius 1 is 1.23 bits per heavy atom. The predicted molar refractivity (Wildman–Crippen MR) is 55.2 cm³/mol. The third-order valence-corrected chi connectivity index (χ3v) is 4.30. The predicted octanol–water partition coefficient (Wildman–Crippen LogP) is 2.18. The zero-order valence-corrected chi connectivity index (χ0v) is 10.1. The monoisotopic (exact) mass is 204 g/mol. The van der Waals surface area contributed by atoms with Gasteiger partial charge in [-0.15, -0.1) is 0 Å². The molecule has 0 saturated heterocycles. The molecule has 0 rings (SSSR count). The molecular weight excluding hydrogens is 184 g/mol. The van der Waals surface area contributed by atoms with E-state index < -0.39 is 8.32 Å². The molecule has 0 aromatic carbocycles. The SMILES string of the molecule is CCOC(=O)CC[Si](C)(C)OCC. The Kier molecular flexibility index (Phi) is 5.99. The molecule has 0 aliphatic heterocycles. The lowest BCUT2D eigenvalue weighted by molar-refractivity contribution is -0.142. The van der Waals surface area contributed by atoms with Crippen LogP contribution in [0.2, 0.25) is 19.1 Å². The third-order valence-electron chi connectivity index (χ3n) is 1.77. The summed E-state index contributed by atoms with van der Waals surface area (Å²) in [4.78, 5) is 11.0. The number of carbonyl (C=O) groups is 1. The van der Waals surface area contributed by atoms with E-state index in [1.54, 1.807) is 0 Å². The quantitative estimate of drug-likeness (QED) is 0.491. The Bertz CT molecular complexity index is 157. The zero-order valence-electron chi connectivity index (χ0n) is 9.05. The summed E-state index contributed by atoms with van der Waals surface area (Å²) >= 11 is 0. The molecule has 0 aliphatic rings.